The van der Waals surface area contributed by atoms with Gasteiger partial charge in [-0.15, -0.1) is 0 Å². The Morgan fingerprint density at radius 3 is 2.33 bits per heavy atom. The molecule has 4 heteroatoms. The van der Waals surface area contributed by atoms with Gasteiger partial charge in [0, 0.05) is 0 Å². The fourth-order valence-corrected chi connectivity index (χ4v) is 1.24. The molecule has 0 atom stereocenters. The van der Waals surface area contributed by atoms with E-state index < -0.39 is 5.97 Å². The topological polar surface area (TPSA) is 52.6 Å². The van der Waals surface area contributed by atoms with Gasteiger partial charge in [-0.05, 0) is 30.2 Å². The summed E-state index contributed by atoms with van der Waals surface area (Å²) in [6, 6.07) is 7.20. The molecule has 0 saturated carbocycles. The highest BCUT2D eigenvalue weighted by atomic mass is 16.5. The molecule has 18 heavy (non-hydrogen) atoms. The number of hydrogen-bond donors (Lipinski definition) is 0. The molecule has 0 saturated heterocycles. The maximum absolute atomic E-state index is 11.4. The van der Waals surface area contributed by atoms with E-state index in [4.69, 9.17) is 9.47 Å². The molecule has 0 radical (unpaired) electrons. The molecular formula is C14H16O4. The summed E-state index contributed by atoms with van der Waals surface area (Å²) < 4.78 is 10.0. The van der Waals surface area contributed by atoms with E-state index in [0.29, 0.717) is 0 Å². The fraction of sp³-hybridized carbons (Fsp3) is 0.286. The van der Waals surface area contributed by atoms with Crippen LogP contribution in [-0.4, -0.2) is 18.9 Å². The van der Waals surface area contributed by atoms with Crippen LogP contribution in [0.25, 0.3) is 0 Å². The van der Waals surface area contributed by atoms with E-state index in [-0.39, 0.29) is 24.4 Å². The molecule has 1 aromatic carbocycles. The van der Waals surface area contributed by atoms with Gasteiger partial charge in [-0.25, -0.2) is 0 Å². The fourth-order valence-electron chi connectivity index (χ4n) is 1.24. The Labute approximate surface area is 106 Å². The van der Waals surface area contributed by atoms with Crippen molar-refractivity contribution in [1.29, 1.82) is 0 Å². The minimum Gasteiger partial charge on any atom is -0.497 e. The number of esters is 1. The molecule has 1 aromatic rings. The van der Waals surface area contributed by atoms with Gasteiger partial charge >= 0.3 is 5.97 Å². The molecule has 0 bridgehead atoms. The molecule has 0 amide bonds. The number of benzene rings is 1. The Balaban J connectivity index is 2.42. The second-order valence-electron chi connectivity index (χ2n) is 3.85. The number of ether oxygens (including phenoxy) is 2. The lowest BCUT2D eigenvalue weighted by Gasteiger charge is -2.06. The van der Waals surface area contributed by atoms with Gasteiger partial charge in [0.05, 0.1) is 13.5 Å². The highest BCUT2D eigenvalue weighted by molar-refractivity contribution is 5.96. The van der Waals surface area contributed by atoms with Crippen LogP contribution in [0.1, 0.15) is 18.9 Å². The van der Waals surface area contributed by atoms with Crippen LogP contribution in [0.3, 0.4) is 0 Å². The third-order valence-electron chi connectivity index (χ3n) is 2.41. The molecule has 96 valence electrons. The number of Topliss-reactive ketones (excluding diaryl/α,β-unsaturated/α-hetero) is 1. The highest BCUT2D eigenvalue weighted by Crippen LogP contribution is 2.12. The molecule has 0 unspecified atom stereocenters. The van der Waals surface area contributed by atoms with Gasteiger partial charge in [0.15, 0.2) is 5.78 Å². The van der Waals surface area contributed by atoms with Gasteiger partial charge < -0.3 is 9.47 Å². The van der Waals surface area contributed by atoms with Crippen molar-refractivity contribution in [3.8, 4) is 5.75 Å². The summed E-state index contributed by atoms with van der Waals surface area (Å²) in [6.45, 7) is 5.05. The minimum absolute atomic E-state index is 0.0640. The van der Waals surface area contributed by atoms with Crippen LogP contribution in [0, 0.1) is 0 Å². The van der Waals surface area contributed by atoms with E-state index in [9.17, 15) is 9.59 Å². The molecule has 0 N–H and O–H groups in total. The lowest BCUT2D eigenvalue weighted by Crippen LogP contribution is -2.08. The minimum atomic E-state index is -0.453. The summed E-state index contributed by atoms with van der Waals surface area (Å²) >= 11 is 0. The zero-order valence-electron chi connectivity index (χ0n) is 10.6. The lowest BCUT2D eigenvalue weighted by molar-refractivity contribution is -0.144. The summed E-state index contributed by atoms with van der Waals surface area (Å²) in [7, 11) is 1.59. The molecule has 0 spiro atoms. The molecular weight excluding hydrogens is 232 g/mol. The summed E-state index contributed by atoms with van der Waals surface area (Å²) in [6.07, 6.45) is -0.0640. The first-order chi connectivity index (χ1) is 8.52. The normalized spacial score (nSPS) is 9.67. The van der Waals surface area contributed by atoms with Gasteiger partial charge in [0.2, 0.25) is 0 Å². The van der Waals surface area contributed by atoms with Crippen molar-refractivity contribution >= 4 is 11.8 Å². The van der Waals surface area contributed by atoms with E-state index >= 15 is 0 Å². The zero-order chi connectivity index (χ0) is 13.5. The van der Waals surface area contributed by atoms with Gasteiger partial charge in [0.25, 0.3) is 0 Å². The Morgan fingerprint density at radius 1 is 1.22 bits per heavy atom. The maximum atomic E-state index is 11.4. The van der Waals surface area contributed by atoms with E-state index in [1.54, 1.807) is 19.2 Å². The van der Waals surface area contributed by atoms with Gasteiger partial charge in [-0.1, -0.05) is 18.7 Å². The highest BCUT2D eigenvalue weighted by Gasteiger charge is 2.09. The van der Waals surface area contributed by atoms with Crippen molar-refractivity contribution < 1.29 is 19.1 Å². The third kappa shape index (κ3) is 4.41. The number of carbonyl (C=O) groups is 2. The Hall–Kier alpha value is -2.10. The summed E-state index contributed by atoms with van der Waals surface area (Å²) in [4.78, 5) is 22.3. The van der Waals surface area contributed by atoms with Crippen molar-refractivity contribution in [2.24, 2.45) is 0 Å². The van der Waals surface area contributed by atoms with Gasteiger partial charge in [-0.2, -0.15) is 0 Å². The van der Waals surface area contributed by atoms with E-state index in [0.717, 1.165) is 11.3 Å². The summed E-state index contributed by atoms with van der Waals surface area (Å²) in [5.74, 6) is 0.0949. The van der Waals surface area contributed by atoms with Crippen LogP contribution in [0.2, 0.25) is 0 Å². The third-order valence-corrected chi connectivity index (χ3v) is 2.41. The first-order valence-electron chi connectivity index (χ1n) is 5.50. The molecule has 0 aliphatic rings. The molecule has 0 aliphatic carbocycles. The van der Waals surface area contributed by atoms with Crippen LogP contribution < -0.4 is 4.74 Å². The number of carbonyl (C=O) groups excluding carboxylic acids is 2. The number of hydrogen-bond acceptors (Lipinski definition) is 4. The van der Waals surface area contributed by atoms with E-state index in [1.807, 2.05) is 12.1 Å². The Morgan fingerprint density at radius 2 is 1.83 bits per heavy atom. The van der Waals surface area contributed by atoms with E-state index in [1.165, 1.54) is 6.92 Å². The number of methoxy groups -OCH3 is 1. The van der Waals surface area contributed by atoms with Crippen molar-refractivity contribution in [2.75, 3.05) is 7.11 Å². The average Bonchev–Trinajstić information content (AvgIpc) is 2.36. The maximum Gasteiger partial charge on any atom is 0.310 e. The molecule has 0 aliphatic heterocycles. The van der Waals surface area contributed by atoms with Crippen LogP contribution in [0.5, 0.6) is 5.75 Å². The van der Waals surface area contributed by atoms with Gasteiger partial charge in [-0.3, -0.25) is 9.59 Å². The van der Waals surface area contributed by atoms with Crippen LogP contribution in [-0.2, 0) is 20.9 Å². The van der Waals surface area contributed by atoms with Crippen molar-refractivity contribution in [3.05, 3.63) is 42.0 Å². The lowest BCUT2D eigenvalue weighted by atomic mass is 10.1. The number of rotatable bonds is 6. The zero-order valence-corrected chi connectivity index (χ0v) is 10.6. The summed E-state index contributed by atoms with van der Waals surface area (Å²) in [5.41, 5.74) is 1.12. The quantitative estimate of drug-likeness (QED) is 0.572. The predicted octanol–water partition coefficient (Wildman–Crippen LogP) is 2.27. The van der Waals surface area contributed by atoms with Crippen molar-refractivity contribution in [1.82, 2.24) is 0 Å². The standard InChI is InChI=1S/C14H16O4/c1-10(11(2)15)8-14(16)18-9-12-4-6-13(17-3)7-5-12/h4-7H,1,8-9H2,2-3H3. The second kappa shape index (κ2) is 6.59. The van der Waals surface area contributed by atoms with Crippen LogP contribution in [0.4, 0.5) is 0 Å². The van der Waals surface area contributed by atoms with Crippen LogP contribution in [0.15, 0.2) is 36.4 Å². The monoisotopic (exact) mass is 248 g/mol. The largest absolute Gasteiger partial charge is 0.497 e. The molecule has 0 aromatic heterocycles. The second-order valence-corrected chi connectivity index (χ2v) is 3.85. The molecule has 0 fully saturated rings. The SMILES string of the molecule is C=C(CC(=O)OCc1ccc(OC)cc1)C(C)=O. The van der Waals surface area contributed by atoms with Crippen molar-refractivity contribution in [3.63, 3.8) is 0 Å². The Kier molecular flexibility index (Phi) is 5.11. The van der Waals surface area contributed by atoms with Gasteiger partial charge in [0.1, 0.15) is 12.4 Å². The van der Waals surface area contributed by atoms with Crippen LogP contribution >= 0.6 is 0 Å². The smallest absolute Gasteiger partial charge is 0.310 e. The Bertz CT molecular complexity index is 445. The first-order valence-corrected chi connectivity index (χ1v) is 5.50. The molecule has 1 rings (SSSR count). The number of ketones is 1. The first kappa shape index (κ1) is 14.0. The molecule has 0 heterocycles. The molecule has 4 nitrogen and oxygen atoms in total. The predicted molar refractivity (Wildman–Crippen MR) is 67.2 cm³/mol. The summed E-state index contributed by atoms with van der Waals surface area (Å²) in [5, 5.41) is 0. The van der Waals surface area contributed by atoms with E-state index in [2.05, 4.69) is 6.58 Å². The average molecular weight is 248 g/mol. The van der Waals surface area contributed by atoms with Crippen molar-refractivity contribution in [2.45, 2.75) is 20.0 Å².